The molecule has 0 saturated heterocycles. The second kappa shape index (κ2) is 11.5. The van der Waals surface area contributed by atoms with E-state index in [-0.39, 0.29) is 13.0 Å². The van der Waals surface area contributed by atoms with Crippen LogP contribution in [0.5, 0.6) is 0 Å². The first-order valence-electron chi connectivity index (χ1n) is 11.1. The summed E-state index contributed by atoms with van der Waals surface area (Å²) in [6.45, 7) is 0.267. The molecule has 0 bridgehead atoms. The van der Waals surface area contributed by atoms with Crippen molar-refractivity contribution in [3.63, 3.8) is 0 Å². The molecule has 8 nitrogen and oxygen atoms in total. The molecule has 0 radical (unpaired) electrons. The van der Waals surface area contributed by atoms with Gasteiger partial charge in [0, 0.05) is 23.9 Å². The molecule has 0 aliphatic rings. The molecule has 2 amide bonds. The molecule has 1 heterocycles. The van der Waals surface area contributed by atoms with Crippen molar-refractivity contribution in [2.24, 2.45) is 0 Å². The number of nitrogens with one attached hydrogen (secondary N) is 2. The van der Waals surface area contributed by atoms with Crippen LogP contribution >= 0.6 is 0 Å². The van der Waals surface area contributed by atoms with Gasteiger partial charge < -0.3 is 29.8 Å². The molecule has 4 aromatic rings. The smallest absolute Gasteiger partial charge is 0.464 e. The van der Waals surface area contributed by atoms with Crippen molar-refractivity contribution in [1.29, 1.82) is 0 Å². The third kappa shape index (κ3) is 6.80. The van der Waals surface area contributed by atoms with E-state index in [4.69, 9.17) is 9.07 Å². The van der Waals surface area contributed by atoms with E-state index < -0.39 is 31.8 Å². The summed E-state index contributed by atoms with van der Waals surface area (Å²) in [5.41, 5.74) is 4.38. The first kappa shape index (κ1) is 24.2. The molecule has 0 unspecified atom stereocenters. The zero-order valence-electron chi connectivity index (χ0n) is 18.9. The highest BCUT2D eigenvalue weighted by Gasteiger charge is 2.23. The predicted molar refractivity (Wildman–Crippen MR) is 131 cm³/mol. The molecule has 178 valence electrons. The van der Waals surface area contributed by atoms with Crippen LogP contribution in [0, 0.1) is 0 Å². The monoisotopic (exact) mass is 472 g/mol. The molecule has 0 saturated carbocycles. The third-order valence-corrected chi connectivity index (χ3v) is 5.42. The second-order valence-corrected chi connectivity index (χ2v) is 8.00. The molecular formula is C26H25BN2O6. The summed E-state index contributed by atoms with van der Waals surface area (Å²) in [7, 11) is -2.09. The van der Waals surface area contributed by atoms with Crippen molar-refractivity contribution in [2.75, 3.05) is 0 Å². The van der Waals surface area contributed by atoms with Gasteiger partial charge in [-0.2, -0.15) is 0 Å². The quantitative estimate of drug-likeness (QED) is 0.160. The fraction of sp³-hybridized carbons (Fsp3) is 0.154. The lowest BCUT2D eigenvalue weighted by molar-refractivity contribution is -0.130. The minimum atomic E-state index is -2.09. The lowest BCUT2D eigenvalue weighted by Crippen LogP contribution is -2.43. The van der Waals surface area contributed by atoms with Crippen LogP contribution in [0.15, 0.2) is 89.5 Å². The van der Waals surface area contributed by atoms with E-state index in [0.717, 1.165) is 22.1 Å². The van der Waals surface area contributed by atoms with Gasteiger partial charge in [0.2, 0.25) is 11.8 Å². The van der Waals surface area contributed by atoms with E-state index >= 15 is 0 Å². The number of carbonyl (C=O) groups excluding carboxylic acids is 2. The fourth-order valence-corrected chi connectivity index (χ4v) is 3.80. The van der Waals surface area contributed by atoms with Gasteiger partial charge in [0.1, 0.15) is 18.2 Å². The van der Waals surface area contributed by atoms with Gasteiger partial charge >= 0.3 is 7.32 Å². The number of para-hydroxylation sites is 1. The highest BCUT2D eigenvalue weighted by atomic mass is 16.6. The van der Waals surface area contributed by atoms with Crippen molar-refractivity contribution >= 4 is 30.1 Å². The van der Waals surface area contributed by atoms with Crippen molar-refractivity contribution in [2.45, 2.75) is 25.6 Å². The fourth-order valence-electron chi connectivity index (χ4n) is 3.80. The van der Waals surface area contributed by atoms with Crippen molar-refractivity contribution in [1.82, 2.24) is 10.6 Å². The van der Waals surface area contributed by atoms with E-state index in [1.807, 2.05) is 72.8 Å². The normalized spacial score (nSPS) is 11.7. The van der Waals surface area contributed by atoms with E-state index in [0.29, 0.717) is 11.1 Å². The molecule has 0 spiro atoms. The molecule has 1 atom stereocenters. The number of hydrogen-bond acceptors (Lipinski definition) is 6. The molecule has 1 aromatic heterocycles. The van der Waals surface area contributed by atoms with E-state index in [2.05, 4.69) is 10.6 Å². The summed E-state index contributed by atoms with van der Waals surface area (Å²) in [5.74, 6) is -1.08. The van der Waals surface area contributed by atoms with Crippen LogP contribution in [0.3, 0.4) is 0 Å². The Hall–Kier alpha value is -3.92. The Morgan fingerprint density at radius 2 is 1.66 bits per heavy atom. The maximum atomic E-state index is 12.4. The molecule has 9 heteroatoms. The Morgan fingerprint density at radius 1 is 0.914 bits per heavy atom. The summed E-state index contributed by atoms with van der Waals surface area (Å²) in [6, 6.07) is 25.0. The van der Waals surface area contributed by atoms with Crippen LogP contribution in [0.25, 0.3) is 22.1 Å². The highest BCUT2D eigenvalue weighted by Crippen LogP contribution is 2.22. The lowest BCUT2D eigenvalue weighted by atomic mass is 10.0. The average Bonchev–Trinajstić information content (AvgIpc) is 3.26. The Morgan fingerprint density at radius 3 is 2.46 bits per heavy atom. The topological polar surface area (TPSA) is 121 Å². The summed E-state index contributed by atoms with van der Waals surface area (Å²) in [4.78, 5) is 24.8. The molecule has 4 rings (SSSR count). The summed E-state index contributed by atoms with van der Waals surface area (Å²) < 4.78 is 10.5. The van der Waals surface area contributed by atoms with Crippen LogP contribution in [0.4, 0.5) is 0 Å². The molecule has 0 aliphatic heterocycles. The number of amides is 2. The van der Waals surface area contributed by atoms with Crippen LogP contribution in [-0.4, -0.2) is 35.4 Å². The van der Waals surface area contributed by atoms with E-state index in [1.165, 1.54) is 6.26 Å². The predicted octanol–water partition coefficient (Wildman–Crippen LogP) is 2.78. The molecule has 0 fully saturated rings. The Labute approximate surface area is 202 Å². The molecular weight excluding hydrogens is 447 g/mol. The SMILES string of the molecule is O=C(CC(=O)N[C@@H](Cc1coc2ccccc12)OB(O)O)NCc1cccc(-c2ccccc2)c1. The van der Waals surface area contributed by atoms with Crippen molar-refractivity contribution in [3.05, 3.63) is 96.3 Å². The number of hydrogen-bond donors (Lipinski definition) is 4. The van der Waals surface area contributed by atoms with Crippen molar-refractivity contribution < 1.29 is 28.7 Å². The molecule has 0 aliphatic carbocycles. The number of furan rings is 1. The third-order valence-electron chi connectivity index (χ3n) is 5.42. The minimum Gasteiger partial charge on any atom is -0.464 e. The molecule has 35 heavy (non-hydrogen) atoms. The van der Waals surface area contributed by atoms with Gasteiger partial charge in [0.25, 0.3) is 0 Å². The minimum absolute atomic E-state index is 0.119. The van der Waals surface area contributed by atoms with Crippen molar-refractivity contribution in [3.8, 4) is 11.1 Å². The number of carbonyl (C=O) groups is 2. The zero-order valence-corrected chi connectivity index (χ0v) is 18.9. The van der Waals surface area contributed by atoms with E-state index in [9.17, 15) is 19.6 Å². The van der Waals surface area contributed by atoms with Gasteiger partial charge in [-0.25, -0.2) is 0 Å². The number of rotatable bonds is 10. The van der Waals surface area contributed by atoms with Gasteiger partial charge in [-0.1, -0.05) is 66.7 Å². The van der Waals surface area contributed by atoms with Crippen LogP contribution in [0.2, 0.25) is 0 Å². The number of fused-ring (bicyclic) bond motifs is 1. The van der Waals surface area contributed by atoms with Crippen LogP contribution in [-0.2, 0) is 27.2 Å². The Kier molecular flexibility index (Phi) is 7.94. The van der Waals surface area contributed by atoms with Crippen LogP contribution < -0.4 is 10.6 Å². The van der Waals surface area contributed by atoms with E-state index in [1.54, 1.807) is 6.07 Å². The summed E-state index contributed by atoms with van der Waals surface area (Å²) >= 11 is 0. The Bertz CT molecular complexity index is 1290. The number of benzene rings is 3. The van der Waals surface area contributed by atoms with Gasteiger partial charge in [0.15, 0.2) is 0 Å². The largest absolute Gasteiger partial charge is 0.635 e. The maximum Gasteiger partial charge on any atom is 0.635 e. The average molecular weight is 472 g/mol. The van der Waals surface area contributed by atoms with Crippen LogP contribution in [0.1, 0.15) is 17.5 Å². The Balaban J connectivity index is 1.32. The highest BCUT2D eigenvalue weighted by molar-refractivity contribution is 6.32. The first-order chi connectivity index (χ1) is 17.0. The first-order valence-corrected chi connectivity index (χ1v) is 11.1. The van der Waals surface area contributed by atoms with Gasteiger partial charge in [0.05, 0.1) is 6.26 Å². The maximum absolute atomic E-state index is 12.4. The molecule has 3 aromatic carbocycles. The second-order valence-electron chi connectivity index (χ2n) is 8.00. The van der Waals surface area contributed by atoms with Gasteiger partial charge in [-0.05, 0) is 28.8 Å². The standard InChI is InChI=1S/C26H25BN2O6/c30-24(28-16-18-7-6-10-20(13-18)19-8-2-1-3-9-19)15-25(31)29-26(35-27(32)33)14-21-17-34-23-12-5-4-11-22(21)23/h1-13,17,26,32-33H,14-16H2,(H,28,30)(H,29,31)/t26-/m1/s1. The summed E-state index contributed by atoms with van der Waals surface area (Å²) in [5, 5.41) is 24.6. The lowest BCUT2D eigenvalue weighted by Gasteiger charge is -2.19. The van der Waals surface area contributed by atoms with Gasteiger partial charge in [-0.3, -0.25) is 9.59 Å². The summed E-state index contributed by atoms with van der Waals surface area (Å²) in [6.07, 6.45) is 0.131. The van der Waals surface area contributed by atoms with Gasteiger partial charge in [-0.15, -0.1) is 0 Å². The zero-order chi connectivity index (χ0) is 24.6. The molecule has 4 N–H and O–H groups in total.